The topological polar surface area (TPSA) is 32.3 Å². The maximum absolute atomic E-state index is 12.2. The van der Waals surface area contributed by atoms with Crippen molar-refractivity contribution in [1.29, 1.82) is 0 Å². The molecule has 4 heteroatoms. The minimum atomic E-state index is -0.0284. The smallest absolute Gasteiger partial charge is 0.229 e. The van der Waals surface area contributed by atoms with Crippen LogP contribution in [0.25, 0.3) is 0 Å². The Labute approximate surface area is 109 Å². The van der Waals surface area contributed by atoms with Crippen LogP contribution in [0, 0.1) is 0 Å². The van der Waals surface area contributed by atoms with Gasteiger partial charge in [0, 0.05) is 26.2 Å². The first-order chi connectivity index (χ1) is 7.79. The van der Waals surface area contributed by atoms with Crippen molar-refractivity contribution in [3.63, 3.8) is 0 Å². The van der Waals surface area contributed by atoms with E-state index in [0.717, 1.165) is 31.7 Å². The predicted molar refractivity (Wildman–Crippen MR) is 71.6 cm³/mol. The van der Waals surface area contributed by atoms with Crippen LogP contribution in [-0.2, 0) is 4.79 Å². The van der Waals surface area contributed by atoms with E-state index < -0.39 is 0 Å². The average molecular weight is 255 g/mol. The van der Waals surface area contributed by atoms with Crippen molar-refractivity contribution >= 4 is 18.3 Å². The van der Waals surface area contributed by atoms with Gasteiger partial charge in [0.2, 0.25) is 5.91 Å². The molecular weight excluding hydrogens is 236 g/mol. The van der Waals surface area contributed by atoms with E-state index in [-0.39, 0.29) is 24.2 Å². The van der Waals surface area contributed by atoms with Crippen LogP contribution in [-0.4, -0.2) is 37.0 Å². The van der Waals surface area contributed by atoms with Crippen molar-refractivity contribution in [3.8, 4) is 0 Å². The molecule has 17 heavy (non-hydrogen) atoms. The molecule has 1 atom stereocenters. The number of hydrogen-bond acceptors (Lipinski definition) is 2. The SMILES string of the molecule is CC(C(=O)N1CCNCC1)c1ccccc1.Cl. The van der Waals surface area contributed by atoms with Gasteiger partial charge in [-0.25, -0.2) is 0 Å². The molecule has 1 amide bonds. The molecule has 1 fully saturated rings. The van der Waals surface area contributed by atoms with E-state index in [4.69, 9.17) is 0 Å². The summed E-state index contributed by atoms with van der Waals surface area (Å²) in [5, 5.41) is 3.25. The van der Waals surface area contributed by atoms with Gasteiger partial charge in [-0.15, -0.1) is 12.4 Å². The zero-order valence-corrected chi connectivity index (χ0v) is 10.9. The molecule has 0 bridgehead atoms. The predicted octanol–water partition coefficient (Wildman–Crippen LogP) is 1.64. The van der Waals surface area contributed by atoms with Crippen molar-refractivity contribution < 1.29 is 4.79 Å². The van der Waals surface area contributed by atoms with Crippen LogP contribution >= 0.6 is 12.4 Å². The van der Waals surface area contributed by atoms with Crippen LogP contribution < -0.4 is 5.32 Å². The van der Waals surface area contributed by atoms with E-state index in [9.17, 15) is 4.79 Å². The van der Waals surface area contributed by atoms with Gasteiger partial charge in [-0.2, -0.15) is 0 Å². The number of amides is 1. The van der Waals surface area contributed by atoms with Crippen molar-refractivity contribution in [2.45, 2.75) is 12.8 Å². The number of carbonyl (C=O) groups is 1. The van der Waals surface area contributed by atoms with Crippen molar-refractivity contribution in [2.24, 2.45) is 0 Å². The van der Waals surface area contributed by atoms with Crippen LogP contribution in [0.5, 0.6) is 0 Å². The lowest BCUT2D eigenvalue weighted by atomic mass is 9.99. The molecule has 0 saturated carbocycles. The van der Waals surface area contributed by atoms with Crippen molar-refractivity contribution in [1.82, 2.24) is 10.2 Å². The Kier molecular flexibility index (Phi) is 5.45. The lowest BCUT2D eigenvalue weighted by molar-refractivity contribution is -0.133. The van der Waals surface area contributed by atoms with E-state index in [1.54, 1.807) is 0 Å². The number of rotatable bonds is 2. The normalized spacial score (nSPS) is 17.1. The summed E-state index contributed by atoms with van der Waals surface area (Å²) in [6.45, 7) is 5.46. The van der Waals surface area contributed by atoms with Gasteiger partial charge in [0.15, 0.2) is 0 Å². The van der Waals surface area contributed by atoms with E-state index in [1.165, 1.54) is 0 Å². The fourth-order valence-electron chi connectivity index (χ4n) is 2.04. The second kappa shape index (κ2) is 6.62. The van der Waals surface area contributed by atoms with Gasteiger partial charge in [-0.1, -0.05) is 30.3 Å². The third-order valence-electron chi connectivity index (χ3n) is 3.10. The van der Waals surface area contributed by atoms with Crippen LogP contribution in [0.15, 0.2) is 30.3 Å². The summed E-state index contributed by atoms with van der Waals surface area (Å²) >= 11 is 0. The Hall–Kier alpha value is -1.06. The van der Waals surface area contributed by atoms with Gasteiger partial charge in [-0.3, -0.25) is 4.79 Å². The number of nitrogens with zero attached hydrogens (tertiary/aromatic N) is 1. The molecule has 1 aliphatic rings. The first kappa shape index (κ1) is 14.0. The molecule has 0 aromatic heterocycles. The van der Waals surface area contributed by atoms with Gasteiger partial charge in [0.05, 0.1) is 5.92 Å². The largest absolute Gasteiger partial charge is 0.340 e. The lowest BCUT2D eigenvalue weighted by Crippen LogP contribution is -2.47. The molecule has 0 spiro atoms. The van der Waals surface area contributed by atoms with Crippen molar-refractivity contribution in [3.05, 3.63) is 35.9 Å². The standard InChI is InChI=1S/C13H18N2O.ClH/c1-11(12-5-3-2-4-6-12)13(16)15-9-7-14-8-10-15;/h2-6,11,14H,7-10H2,1H3;1H. The monoisotopic (exact) mass is 254 g/mol. The summed E-state index contributed by atoms with van der Waals surface area (Å²) < 4.78 is 0. The fourth-order valence-corrected chi connectivity index (χ4v) is 2.04. The maximum atomic E-state index is 12.2. The Morgan fingerprint density at radius 2 is 1.82 bits per heavy atom. The van der Waals surface area contributed by atoms with Gasteiger partial charge < -0.3 is 10.2 Å². The summed E-state index contributed by atoms with van der Waals surface area (Å²) in [5.74, 6) is 0.215. The second-order valence-electron chi connectivity index (χ2n) is 4.21. The molecule has 1 N–H and O–H groups in total. The highest BCUT2D eigenvalue weighted by Crippen LogP contribution is 2.17. The Morgan fingerprint density at radius 1 is 1.24 bits per heavy atom. The summed E-state index contributed by atoms with van der Waals surface area (Å²) in [7, 11) is 0. The molecule has 1 heterocycles. The number of halogens is 1. The van der Waals surface area contributed by atoms with Gasteiger partial charge in [-0.05, 0) is 12.5 Å². The Bertz CT molecular complexity index is 350. The maximum Gasteiger partial charge on any atom is 0.229 e. The second-order valence-corrected chi connectivity index (χ2v) is 4.21. The molecular formula is C13H19ClN2O. The zero-order valence-electron chi connectivity index (χ0n) is 10.1. The minimum absolute atomic E-state index is 0. The third kappa shape index (κ3) is 3.45. The van der Waals surface area contributed by atoms with E-state index >= 15 is 0 Å². The van der Waals surface area contributed by atoms with E-state index in [0.29, 0.717) is 0 Å². The zero-order chi connectivity index (χ0) is 11.4. The highest BCUT2D eigenvalue weighted by Gasteiger charge is 2.22. The molecule has 1 aromatic rings. The highest BCUT2D eigenvalue weighted by molar-refractivity contribution is 5.85. The van der Waals surface area contributed by atoms with E-state index in [2.05, 4.69) is 5.32 Å². The fraction of sp³-hybridized carbons (Fsp3) is 0.462. The number of hydrogen-bond donors (Lipinski definition) is 1. The molecule has 0 aliphatic carbocycles. The molecule has 1 aromatic carbocycles. The molecule has 1 aliphatic heterocycles. The van der Waals surface area contributed by atoms with Gasteiger partial charge >= 0.3 is 0 Å². The number of piperazine rings is 1. The Balaban J connectivity index is 0.00000144. The molecule has 0 radical (unpaired) electrons. The summed E-state index contributed by atoms with van der Waals surface area (Å²) in [6, 6.07) is 9.98. The van der Waals surface area contributed by atoms with Gasteiger partial charge in [0.1, 0.15) is 0 Å². The number of benzene rings is 1. The quantitative estimate of drug-likeness (QED) is 0.870. The van der Waals surface area contributed by atoms with Crippen LogP contribution in [0.4, 0.5) is 0 Å². The van der Waals surface area contributed by atoms with E-state index in [1.807, 2.05) is 42.2 Å². The van der Waals surface area contributed by atoms with Crippen LogP contribution in [0.2, 0.25) is 0 Å². The minimum Gasteiger partial charge on any atom is -0.340 e. The molecule has 1 saturated heterocycles. The molecule has 2 rings (SSSR count). The average Bonchev–Trinajstić information content (AvgIpc) is 2.39. The molecule has 94 valence electrons. The van der Waals surface area contributed by atoms with Crippen molar-refractivity contribution in [2.75, 3.05) is 26.2 Å². The molecule has 3 nitrogen and oxygen atoms in total. The van der Waals surface area contributed by atoms with Gasteiger partial charge in [0.25, 0.3) is 0 Å². The summed E-state index contributed by atoms with van der Waals surface area (Å²) in [6.07, 6.45) is 0. The Morgan fingerprint density at radius 3 is 2.41 bits per heavy atom. The first-order valence-electron chi connectivity index (χ1n) is 5.83. The third-order valence-corrected chi connectivity index (χ3v) is 3.10. The summed E-state index contributed by atoms with van der Waals surface area (Å²) in [4.78, 5) is 14.1. The van der Waals surface area contributed by atoms with Crippen LogP contribution in [0.1, 0.15) is 18.4 Å². The van der Waals surface area contributed by atoms with Crippen LogP contribution in [0.3, 0.4) is 0 Å². The number of nitrogens with one attached hydrogen (secondary N) is 1. The highest BCUT2D eigenvalue weighted by atomic mass is 35.5. The number of carbonyl (C=O) groups excluding carboxylic acids is 1. The first-order valence-corrected chi connectivity index (χ1v) is 5.83. The molecule has 1 unspecified atom stereocenters. The summed E-state index contributed by atoms with van der Waals surface area (Å²) in [5.41, 5.74) is 1.10. The lowest BCUT2D eigenvalue weighted by Gasteiger charge is -2.29.